The fraction of sp³-hybridized carbons (Fsp3) is 0.618. The molecule has 5 aliphatic rings. The van der Waals surface area contributed by atoms with Crippen LogP contribution in [0.2, 0.25) is 0 Å². The second kappa shape index (κ2) is 8.34. The lowest BCUT2D eigenvalue weighted by Crippen LogP contribution is -2.69. The third-order valence-corrected chi connectivity index (χ3v) is 11.8. The molecule has 2 aromatic rings. The van der Waals surface area contributed by atoms with Gasteiger partial charge >= 0.3 is 5.97 Å². The zero-order chi connectivity index (χ0) is 29.4. The lowest BCUT2D eigenvalue weighted by atomic mass is 9.58. The van der Waals surface area contributed by atoms with Crippen LogP contribution in [-0.2, 0) is 21.3 Å². The van der Waals surface area contributed by atoms with Gasteiger partial charge in [-0.05, 0) is 74.5 Å². The molecule has 1 unspecified atom stereocenters. The number of aliphatic hydroxyl groups excluding tert-OH is 1. The largest absolute Gasteiger partial charge is 0.451 e. The van der Waals surface area contributed by atoms with Crippen LogP contribution in [0.25, 0.3) is 10.9 Å². The first-order valence-electron chi connectivity index (χ1n) is 15.0. The smallest absolute Gasteiger partial charge is 0.341 e. The van der Waals surface area contributed by atoms with Gasteiger partial charge in [0.25, 0.3) is 0 Å². The quantitative estimate of drug-likeness (QED) is 0.393. The predicted octanol–water partition coefficient (Wildman–Crippen LogP) is 5.07. The number of esters is 1. The van der Waals surface area contributed by atoms with E-state index in [1.165, 1.54) is 0 Å². The van der Waals surface area contributed by atoms with Gasteiger partial charge in [-0.25, -0.2) is 4.79 Å². The third kappa shape index (κ3) is 3.32. The van der Waals surface area contributed by atoms with Crippen molar-refractivity contribution < 1.29 is 29.2 Å². The number of aromatic nitrogens is 1. The number of nitrogens with zero attached hydrogens (tertiary/aromatic N) is 1. The van der Waals surface area contributed by atoms with Crippen molar-refractivity contribution in [3.05, 3.63) is 58.8 Å². The molecule has 1 aliphatic heterocycles. The van der Waals surface area contributed by atoms with Gasteiger partial charge in [-0.1, -0.05) is 51.1 Å². The first kappa shape index (κ1) is 27.4. The molecule has 2 saturated carbocycles. The number of carbonyl (C=O) groups is 1. The van der Waals surface area contributed by atoms with E-state index in [2.05, 4.69) is 26.8 Å². The number of carbonyl (C=O) groups excluding carboxylic acids is 1. The zero-order valence-corrected chi connectivity index (χ0v) is 25.4. The summed E-state index contributed by atoms with van der Waals surface area (Å²) in [6.07, 6.45) is 2.34. The molecule has 1 aromatic heterocycles. The molecule has 0 amide bonds. The number of para-hydroxylation sites is 1. The molecule has 4 aliphatic carbocycles. The molecule has 7 rings (SSSR count). The second-order valence-corrected chi connectivity index (χ2v) is 14.5. The van der Waals surface area contributed by atoms with Gasteiger partial charge < -0.3 is 29.0 Å². The fourth-order valence-electron chi connectivity index (χ4n) is 9.55. The number of fused-ring (bicyclic) bond motifs is 6. The zero-order valence-electron chi connectivity index (χ0n) is 25.4. The average Bonchev–Trinajstić information content (AvgIpc) is 3.28. The molecule has 2 bridgehead atoms. The minimum atomic E-state index is -1.73. The van der Waals surface area contributed by atoms with Crippen molar-refractivity contribution in [2.75, 3.05) is 6.61 Å². The lowest BCUT2D eigenvalue weighted by molar-refractivity contribution is -0.312. The Morgan fingerprint density at radius 1 is 1.15 bits per heavy atom. The summed E-state index contributed by atoms with van der Waals surface area (Å²) in [5.41, 5.74) is 1.10. The average molecular weight is 562 g/mol. The Balaban J connectivity index is 1.39. The highest BCUT2D eigenvalue weighted by atomic mass is 16.7. The Labute approximate surface area is 242 Å². The van der Waals surface area contributed by atoms with Crippen molar-refractivity contribution in [1.29, 1.82) is 0 Å². The molecule has 9 atom stereocenters. The minimum absolute atomic E-state index is 0.0815. The first-order chi connectivity index (χ1) is 19.2. The highest BCUT2D eigenvalue weighted by Gasteiger charge is 2.77. The topological polar surface area (TPSA) is 90.2 Å². The van der Waals surface area contributed by atoms with Crippen molar-refractivity contribution in [2.45, 2.75) is 84.6 Å². The summed E-state index contributed by atoms with van der Waals surface area (Å²) in [6.45, 7) is 14.5. The summed E-state index contributed by atoms with van der Waals surface area (Å²) in [7, 11) is 1.94. The summed E-state index contributed by atoms with van der Waals surface area (Å²) >= 11 is 0. The maximum Gasteiger partial charge on any atom is 0.341 e. The maximum atomic E-state index is 14.1. The molecule has 7 nitrogen and oxygen atoms in total. The van der Waals surface area contributed by atoms with Crippen LogP contribution in [-0.4, -0.2) is 57.1 Å². The molecular formula is C34H43NO6. The summed E-state index contributed by atoms with van der Waals surface area (Å²) in [5, 5.41) is 26.6. The van der Waals surface area contributed by atoms with Gasteiger partial charge in [0, 0.05) is 29.6 Å². The van der Waals surface area contributed by atoms with Crippen molar-refractivity contribution in [3.63, 3.8) is 0 Å². The van der Waals surface area contributed by atoms with Crippen molar-refractivity contribution >= 4 is 16.9 Å². The molecule has 2 heterocycles. The summed E-state index contributed by atoms with van der Waals surface area (Å²) in [6, 6.07) is 7.78. The van der Waals surface area contributed by atoms with E-state index in [0.29, 0.717) is 17.4 Å². The fourth-order valence-corrected chi connectivity index (χ4v) is 9.55. The molecule has 0 radical (unpaired) electrons. The van der Waals surface area contributed by atoms with Crippen LogP contribution in [0.1, 0.15) is 64.0 Å². The minimum Gasteiger partial charge on any atom is -0.451 e. The number of aliphatic hydroxyl groups is 2. The Morgan fingerprint density at radius 2 is 1.85 bits per heavy atom. The standard InChI is InChI=1S/C34H43NO6/c1-17-15-33-18(2)13-23-26(31(23,4)5)22(27(33)36)14-20-16-39-32(6,7)41-29(20)34(33,38)28(17)40-30(37)25-19(3)35(8)24-12-10-9-11-21(24)25/h9-12,14-15,18,22-23,26-29,36,38H,13,16H2,1-8H3/t18-,22+,23-,26+,27?,28+,29-,33+,34-/m1/s1. The number of ether oxygens (including phenoxy) is 3. The van der Waals surface area contributed by atoms with Gasteiger partial charge in [-0.3, -0.25) is 0 Å². The van der Waals surface area contributed by atoms with Crippen molar-refractivity contribution in [3.8, 4) is 0 Å². The van der Waals surface area contributed by atoms with Gasteiger partial charge in [0.1, 0.15) is 11.7 Å². The van der Waals surface area contributed by atoms with E-state index < -0.39 is 41.1 Å². The Kier molecular flexibility index (Phi) is 5.57. The normalized spacial score (nSPS) is 41.8. The molecule has 41 heavy (non-hydrogen) atoms. The predicted molar refractivity (Wildman–Crippen MR) is 155 cm³/mol. The molecule has 7 heteroatoms. The Morgan fingerprint density at radius 3 is 2.59 bits per heavy atom. The van der Waals surface area contributed by atoms with E-state index in [1.807, 2.05) is 69.7 Å². The number of aryl methyl sites for hydroxylation is 1. The van der Waals surface area contributed by atoms with Gasteiger partial charge in [0.2, 0.25) is 0 Å². The van der Waals surface area contributed by atoms with E-state index in [4.69, 9.17) is 14.2 Å². The monoisotopic (exact) mass is 561 g/mol. The van der Waals surface area contributed by atoms with Crippen LogP contribution >= 0.6 is 0 Å². The van der Waals surface area contributed by atoms with E-state index in [0.717, 1.165) is 34.2 Å². The van der Waals surface area contributed by atoms with E-state index in [-0.39, 0.29) is 23.9 Å². The summed E-state index contributed by atoms with van der Waals surface area (Å²) < 4.78 is 21.1. The number of rotatable bonds is 2. The molecule has 2 N–H and O–H groups in total. The van der Waals surface area contributed by atoms with Crippen LogP contribution in [0.15, 0.2) is 47.6 Å². The van der Waals surface area contributed by atoms with Gasteiger partial charge in [0.05, 0.1) is 23.7 Å². The highest BCUT2D eigenvalue weighted by Crippen LogP contribution is 2.73. The molecule has 1 spiro atoms. The number of benzene rings is 1. The van der Waals surface area contributed by atoms with Crippen LogP contribution in [0.3, 0.4) is 0 Å². The summed E-state index contributed by atoms with van der Waals surface area (Å²) in [4.78, 5) is 14.1. The van der Waals surface area contributed by atoms with Gasteiger partial charge in [-0.2, -0.15) is 0 Å². The van der Waals surface area contributed by atoms with E-state index in [1.54, 1.807) is 0 Å². The van der Waals surface area contributed by atoms with E-state index in [9.17, 15) is 15.0 Å². The van der Waals surface area contributed by atoms with Crippen LogP contribution < -0.4 is 0 Å². The highest BCUT2D eigenvalue weighted by molar-refractivity contribution is 6.06. The third-order valence-electron chi connectivity index (χ3n) is 11.8. The lowest BCUT2D eigenvalue weighted by Gasteiger charge is -2.55. The SMILES string of the molecule is CC1=C[C@]23C(O)[C@@H](C=C4COC(C)(C)O[C@H]4[C@]2(O)[C@H]1OC(=O)c1c(C)n(C)c2ccccc12)[C@H]1[C@@H](C[C@H]3C)C1(C)C. The van der Waals surface area contributed by atoms with Crippen molar-refractivity contribution in [1.82, 2.24) is 4.57 Å². The first-order valence-corrected chi connectivity index (χ1v) is 15.0. The Hall–Kier alpha value is -2.45. The second-order valence-electron chi connectivity index (χ2n) is 14.5. The summed E-state index contributed by atoms with van der Waals surface area (Å²) in [5.74, 6) is -0.968. The van der Waals surface area contributed by atoms with Crippen molar-refractivity contribution in [2.24, 2.45) is 41.5 Å². The van der Waals surface area contributed by atoms with E-state index >= 15 is 0 Å². The Bertz CT molecular complexity index is 1530. The molecule has 1 aromatic carbocycles. The number of hydrogen-bond donors (Lipinski definition) is 2. The molecular weight excluding hydrogens is 518 g/mol. The van der Waals surface area contributed by atoms with Crippen LogP contribution in [0, 0.1) is 41.4 Å². The van der Waals surface area contributed by atoms with Gasteiger partial charge in [0.15, 0.2) is 11.9 Å². The van der Waals surface area contributed by atoms with Crippen LogP contribution in [0.5, 0.6) is 0 Å². The van der Waals surface area contributed by atoms with Gasteiger partial charge in [-0.15, -0.1) is 0 Å². The molecule has 1 saturated heterocycles. The van der Waals surface area contributed by atoms with Crippen LogP contribution in [0.4, 0.5) is 0 Å². The maximum absolute atomic E-state index is 14.1. The molecule has 220 valence electrons. The number of hydrogen-bond acceptors (Lipinski definition) is 6. The molecule has 3 fully saturated rings.